The van der Waals surface area contributed by atoms with Gasteiger partial charge < -0.3 is 19.7 Å². The lowest BCUT2D eigenvalue weighted by Crippen LogP contribution is -2.44. The van der Waals surface area contributed by atoms with Crippen LogP contribution in [0.25, 0.3) is 16.9 Å². The minimum Gasteiger partial charge on any atom is -0.474 e. The molecular weight excluding hydrogens is 522 g/mol. The molecule has 0 aliphatic carbocycles. The number of ether oxygens (including phenoxy) is 2. The van der Waals surface area contributed by atoms with E-state index in [1.807, 2.05) is 20.8 Å². The molecule has 1 amide bonds. The van der Waals surface area contributed by atoms with Gasteiger partial charge in [-0.05, 0) is 51.4 Å². The van der Waals surface area contributed by atoms with Crippen LogP contribution in [0.4, 0.5) is 16.4 Å². The van der Waals surface area contributed by atoms with Gasteiger partial charge in [-0.25, -0.2) is 19.1 Å². The molecule has 4 heterocycles. The van der Waals surface area contributed by atoms with Crippen LogP contribution in [0.3, 0.4) is 0 Å². The van der Waals surface area contributed by atoms with Crippen LogP contribution in [-0.4, -0.2) is 60.1 Å². The standard InChI is InChI=1S/C30H35N7O4/c1-6-15-36-27(38)23-19-31-28(32-21-10-7-9-20(2)18-21)34-26(23)37(36)24-11-8-12-25(33-24)40-22-13-16-35(17-14-22)29(39)41-30(3,4)5/h6-12,18-19,22H,1,13-17H2,2-5H3,(H,31,32,34)/i2D3. The summed E-state index contributed by atoms with van der Waals surface area (Å²) in [6.07, 6.45) is 3.76. The van der Waals surface area contributed by atoms with Gasteiger partial charge in [0, 0.05) is 48.0 Å². The zero-order valence-corrected chi connectivity index (χ0v) is 23.3. The Hall–Kier alpha value is -4.67. The number of aryl methyl sites for hydroxylation is 1. The summed E-state index contributed by atoms with van der Waals surface area (Å²) in [5, 5.41) is 3.31. The van der Waals surface area contributed by atoms with Crippen molar-refractivity contribution in [2.75, 3.05) is 18.4 Å². The maximum Gasteiger partial charge on any atom is 0.410 e. The maximum absolute atomic E-state index is 13.3. The number of carbonyl (C=O) groups is 1. The number of fused-ring (bicyclic) bond motifs is 1. The van der Waals surface area contributed by atoms with Gasteiger partial charge in [0.2, 0.25) is 11.8 Å². The second-order valence-electron chi connectivity index (χ2n) is 10.7. The van der Waals surface area contributed by atoms with Crippen molar-refractivity contribution in [1.82, 2.24) is 29.2 Å². The van der Waals surface area contributed by atoms with E-state index in [-0.39, 0.29) is 41.2 Å². The van der Waals surface area contributed by atoms with Crippen LogP contribution in [0.1, 0.15) is 43.3 Å². The number of amides is 1. The summed E-state index contributed by atoms with van der Waals surface area (Å²) in [5.41, 5.74) is 0.0870. The fourth-order valence-corrected chi connectivity index (χ4v) is 4.58. The van der Waals surface area contributed by atoms with Crippen LogP contribution >= 0.6 is 0 Å². The third kappa shape index (κ3) is 6.40. The molecule has 1 fully saturated rings. The molecular formula is C30H35N7O4. The van der Waals surface area contributed by atoms with Crippen molar-refractivity contribution >= 4 is 28.8 Å². The second-order valence-corrected chi connectivity index (χ2v) is 10.7. The first-order valence-corrected chi connectivity index (χ1v) is 13.4. The van der Waals surface area contributed by atoms with E-state index in [9.17, 15) is 9.59 Å². The molecule has 1 saturated heterocycles. The number of nitrogens with zero attached hydrogens (tertiary/aromatic N) is 6. The summed E-state index contributed by atoms with van der Waals surface area (Å²) in [6, 6.07) is 11.6. The zero-order valence-electron chi connectivity index (χ0n) is 26.3. The molecule has 5 rings (SSSR count). The summed E-state index contributed by atoms with van der Waals surface area (Å²) in [4.78, 5) is 41.1. The van der Waals surface area contributed by atoms with Crippen molar-refractivity contribution in [1.29, 1.82) is 0 Å². The molecule has 214 valence electrons. The molecule has 0 unspecified atom stereocenters. The average molecular weight is 561 g/mol. The zero-order chi connectivity index (χ0) is 31.6. The highest BCUT2D eigenvalue weighted by atomic mass is 16.6. The van der Waals surface area contributed by atoms with Crippen LogP contribution in [0, 0.1) is 6.85 Å². The molecule has 0 saturated carbocycles. The van der Waals surface area contributed by atoms with Gasteiger partial charge in [-0.15, -0.1) is 6.58 Å². The minimum atomic E-state index is -2.27. The number of nitrogens with one attached hydrogen (secondary N) is 1. The third-order valence-electron chi connectivity index (χ3n) is 6.40. The quantitative estimate of drug-likeness (QED) is 0.314. The lowest BCUT2D eigenvalue weighted by Gasteiger charge is -2.33. The molecule has 1 aliphatic heterocycles. The van der Waals surface area contributed by atoms with Gasteiger partial charge in [-0.2, -0.15) is 9.97 Å². The van der Waals surface area contributed by atoms with Crippen LogP contribution in [0.5, 0.6) is 5.88 Å². The Labute approximate surface area is 242 Å². The van der Waals surface area contributed by atoms with Crippen LogP contribution in [-0.2, 0) is 11.3 Å². The van der Waals surface area contributed by atoms with Gasteiger partial charge in [0.1, 0.15) is 17.1 Å². The van der Waals surface area contributed by atoms with Crippen LogP contribution in [0.2, 0.25) is 0 Å². The second kappa shape index (κ2) is 11.4. The predicted molar refractivity (Wildman–Crippen MR) is 157 cm³/mol. The molecule has 0 radical (unpaired) electrons. The summed E-state index contributed by atoms with van der Waals surface area (Å²) >= 11 is 0. The molecule has 0 atom stereocenters. The molecule has 41 heavy (non-hydrogen) atoms. The molecule has 1 N–H and O–H groups in total. The van der Waals surface area contributed by atoms with Crippen molar-refractivity contribution in [3.63, 3.8) is 0 Å². The number of pyridine rings is 1. The Morgan fingerprint density at radius 2 is 1.98 bits per heavy atom. The van der Waals surface area contributed by atoms with E-state index in [0.29, 0.717) is 49.0 Å². The molecule has 11 nitrogen and oxygen atoms in total. The number of hydrogen-bond donors (Lipinski definition) is 1. The molecule has 1 aliphatic rings. The van der Waals surface area contributed by atoms with Crippen molar-refractivity contribution in [2.24, 2.45) is 0 Å². The van der Waals surface area contributed by atoms with Gasteiger partial charge in [0.25, 0.3) is 5.56 Å². The first-order valence-electron chi connectivity index (χ1n) is 14.9. The van der Waals surface area contributed by atoms with Crippen LogP contribution in [0.15, 0.2) is 66.1 Å². The Bertz CT molecular complexity index is 1740. The summed E-state index contributed by atoms with van der Waals surface area (Å²) < 4.78 is 37.8. The highest BCUT2D eigenvalue weighted by molar-refractivity contribution is 5.77. The summed E-state index contributed by atoms with van der Waals surface area (Å²) in [6.45, 7) is 8.23. The highest BCUT2D eigenvalue weighted by Crippen LogP contribution is 2.23. The SMILES string of the molecule is [2H]C([2H])([2H])c1cccc(Nc2ncc3c(=O)n(CC=C)n(-c4cccc(OC5CCN(C(=O)OC(C)(C)C)CC5)n4)c3n2)c1. The van der Waals surface area contributed by atoms with E-state index in [0.717, 1.165) is 0 Å². The molecule has 11 heteroatoms. The van der Waals surface area contributed by atoms with E-state index in [4.69, 9.17) is 18.6 Å². The topological polar surface area (TPSA) is 116 Å². The van der Waals surface area contributed by atoms with Crippen molar-refractivity contribution in [2.45, 2.75) is 58.7 Å². The van der Waals surface area contributed by atoms with Gasteiger partial charge in [-0.3, -0.25) is 4.79 Å². The Kier molecular flexibility index (Phi) is 6.74. The van der Waals surface area contributed by atoms with Gasteiger partial charge >= 0.3 is 6.09 Å². The summed E-state index contributed by atoms with van der Waals surface area (Å²) in [5.74, 6) is 0.942. The molecule has 3 aromatic heterocycles. The normalized spacial score (nSPS) is 15.6. The third-order valence-corrected chi connectivity index (χ3v) is 6.40. The average Bonchev–Trinajstić information content (AvgIpc) is 3.23. The van der Waals surface area contributed by atoms with Crippen LogP contribution < -0.4 is 15.6 Å². The number of likely N-dealkylation sites (tertiary alicyclic amines) is 1. The van der Waals surface area contributed by atoms with E-state index in [2.05, 4.69) is 21.9 Å². The van der Waals surface area contributed by atoms with Crippen molar-refractivity contribution < 1.29 is 18.4 Å². The van der Waals surface area contributed by atoms with Crippen molar-refractivity contribution in [3.05, 3.63) is 77.2 Å². The smallest absolute Gasteiger partial charge is 0.410 e. The highest BCUT2D eigenvalue weighted by Gasteiger charge is 2.28. The van der Waals surface area contributed by atoms with Gasteiger partial charge in [0.05, 0.1) is 6.54 Å². The Morgan fingerprint density at radius 3 is 2.71 bits per heavy atom. The minimum absolute atomic E-state index is 0.156. The Balaban J connectivity index is 1.41. The first-order chi connectivity index (χ1) is 20.8. The number of aromatic nitrogens is 5. The van der Waals surface area contributed by atoms with Gasteiger partial charge in [0.15, 0.2) is 11.5 Å². The van der Waals surface area contributed by atoms with E-state index < -0.39 is 12.5 Å². The number of rotatable bonds is 7. The fraction of sp³-hybridized carbons (Fsp3) is 0.367. The summed E-state index contributed by atoms with van der Waals surface area (Å²) in [7, 11) is 0. The van der Waals surface area contributed by atoms with E-state index in [1.165, 1.54) is 23.0 Å². The Morgan fingerprint density at radius 1 is 1.20 bits per heavy atom. The number of hydrogen-bond acceptors (Lipinski definition) is 8. The largest absolute Gasteiger partial charge is 0.474 e. The number of carbonyl (C=O) groups excluding carboxylic acids is 1. The molecule has 1 aromatic carbocycles. The molecule has 0 bridgehead atoms. The van der Waals surface area contributed by atoms with Gasteiger partial charge in [-0.1, -0.05) is 24.3 Å². The predicted octanol–water partition coefficient (Wildman–Crippen LogP) is 4.99. The van der Waals surface area contributed by atoms with E-state index in [1.54, 1.807) is 46.0 Å². The fourth-order valence-electron chi connectivity index (χ4n) is 4.58. The van der Waals surface area contributed by atoms with Crippen molar-refractivity contribution in [3.8, 4) is 11.7 Å². The molecule has 0 spiro atoms. The number of anilines is 2. The number of allylic oxidation sites excluding steroid dienone is 1. The maximum atomic E-state index is 13.3. The van der Waals surface area contributed by atoms with E-state index >= 15 is 0 Å². The molecule has 4 aromatic rings. The first kappa shape index (κ1) is 24.2. The number of benzene rings is 1. The monoisotopic (exact) mass is 560 g/mol. The lowest BCUT2D eigenvalue weighted by atomic mass is 10.1. The number of piperidine rings is 1. The lowest BCUT2D eigenvalue weighted by molar-refractivity contribution is 0.0123.